The van der Waals surface area contributed by atoms with Crippen molar-refractivity contribution < 1.29 is 0 Å². The molecule has 0 aliphatic carbocycles. The summed E-state index contributed by atoms with van der Waals surface area (Å²) in [6.45, 7) is 10.8. The maximum Gasteiger partial charge on any atom is 0.0464 e. The predicted octanol–water partition coefficient (Wildman–Crippen LogP) is 12.8. The standard InChI is InChI=1S/C46H43N3/c1-30-28-33(4)46(34(5)29-30)49-44-27-26-41(39-14-8-9-15-40(39)44)45(35-18-22-37(23-19-35)47-42-16-10-6-12-31(42)2)36-20-24-38(25-21-36)48-43-17-11-7-13-32(43)3/h6-29,45,47-49H,1-5H3. The van der Waals surface area contributed by atoms with Crippen LogP contribution in [0, 0.1) is 34.6 Å². The van der Waals surface area contributed by atoms with Crippen LogP contribution in [0.3, 0.4) is 0 Å². The van der Waals surface area contributed by atoms with Crippen molar-refractivity contribution in [2.24, 2.45) is 0 Å². The lowest BCUT2D eigenvalue weighted by Gasteiger charge is -2.23. The summed E-state index contributed by atoms with van der Waals surface area (Å²) in [6.07, 6.45) is 0. The third kappa shape index (κ3) is 6.79. The van der Waals surface area contributed by atoms with E-state index in [-0.39, 0.29) is 5.92 Å². The number of aryl methyl sites for hydroxylation is 5. The summed E-state index contributed by atoms with van der Waals surface area (Å²) < 4.78 is 0. The molecule has 7 aromatic rings. The second kappa shape index (κ2) is 13.7. The molecule has 3 N–H and O–H groups in total. The zero-order valence-electron chi connectivity index (χ0n) is 28.9. The Kier molecular flexibility index (Phi) is 8.91. The summed E-state index contributed by atoms with van der Waals surface area (Å²) in [5, 5.41) is 13.5. The summed E-state index contributed by atoms with van der Waals surface area (Å²) >= 11 is 0. The second-order valence-corrected chi connectivity index (χ2v) is 13.2. The lowest BCUT2D eigenvalue weighted by molar-refractivity contribution is 0.989. The first-order valence-corrected chi connectivity index (χ1v) is 17.1. The van der Waals surface area contributed by atoms with Crippen LogP contribution in [0.25, 0.3) is 10.8 Å². The Hall–Kier alpha value is -5.80. The molecule has 0 spiro atoms. The third-order valence-corrected chi connectivity index (χ3v) is 9.54. The van der Waals surface area contributed by atoms with Gasteiger partial charge in [-0.25, -0.2) is 0 Å². The van der Waals surface area contributed by atoms with Gasteiger partial charge in [0.25, 0.3) is 0 Å². The van der Waals surface area contributed by atoms with Gasteiger partial charge in [-0.1, -0.05) is 109 Å². The molecule has 7 rings (SSSR count). The van der Waals surface area contributed by atoms with Gasteiger partial charge < -0.3 is 16.0 Å². The third-order valence-electron chi connectivity index (χ3n) is 9.54. The average molecular weight is 638 g/mol. The van der Waals surface area contributed by atoms with Crippen LogP contribution in [0.5, 0.6) is 0 Å². The van der Waals surface area contributed by atoms with Crippen LogP contribution in [0.2, 0.25) is 0 Å². The Bertz CT molecular complexity index is 2130. The molecule has 0 heterocycles. The Labute approximate surface area is 290 Å². The minimum atomic E-state index is 0.0295. The number of hydrogen-bond acceptors (Lipinski definition) is 3. The molecular weight excluding hydrogens is 595 g/mol. The number of para-hydroxylation sites is 2. The lowest BCUT2D eigenvalue weighted by Crippen LogP contribution is -2.06. The Morgan fingerprint density at radius 1 is 0.388 bits per heavy atom. The zero-order valence-corrected chi connectivity index (χ0v) is 28.9. The summed E-state index contributed by atoms with van der Waals surface area (Å²) in [5.41, 5.74) is 16.7. The van der Waals surface area contributed by atoms with Crippen LogP contribution in [0.1, 0.15) is 50.4 Å². The molecule has 0 aliphatic rings. The van der Waals surface area contributed by atoms with Crippen LogP contribution in [0.15, 0.2) is 146 Å². The van der Waals surface area contributed by atoms with E-state index in [1.165, 1.54) is 61.0 Å². The molecule has 49 heavy (non-hydrogen) atoms. The molecule has 0 fully saturated rings. The first kappa shape index (κ1) is 31.8. The van der Waals surface area contributed by atoms with Crippen molar-refractivity contribution in [3.63, 3.8) is 0 Å². The smallest absolute Gasteiger partial charge is 0.0464 e. The van der Waals surface area contributed by atoms with Crippen LogP contribution in [-0.4, -0.2) is 0 Å². The SMILES string of the molecule is Cc1cc(C)c(Nc2ccc(C(c3ccc(Nc4ccccc4C)cc3)c3ccc(Nc4ccccc4C)cc3)c3ccccc23)c(C)c1. The van der Waals surface area contributed by atoms with Crippen molar-refractivity contribution in [2.75, 3.05) is 16.0 Å². The monoisotopic (exact) mass is 637 g/mol. The van der Waals surface area contributed by atoms with Gasteiger partial charge in [-0.05, 0) is 121 Å². The highest BCUT2D eigenvalue weighted by Crippen LogP contribution is 2.40. The summed E-state index contributed by atoms with van der Waals surface area (Å²) in [5.74, 6) is 0.0295. The summed E-state index contributed by atoms with van der Waals surface area (Å²) in [6, 6.07) is 52.5. The highest BCUT2D eigenvalue weighted by Gasteiger charge is 2.21. The molecule has 0 atom stereocenters. The number of anilines is 6. The number of benzene rings is 7. The molecule has 3 nitrogen and oxygen atoms in total. The molecule has 0 bridgehead atoms. The highest BCUT2D eigenvalue weighted by molar-refractivity contribution is 5.98. The average Bonchev–Trinajstić information content (AvgIpc) is 3.10. The van der Waals surface area contributed by atoms with Crippen molar-refractivity contribution >= 4 is 44.9 Å². The lowest BCUT2D eigenvalue weighted by atomic mass is 9.82. The normalized spacial score (nSPS) is 11.1. The van der Waals surface area contributed by atoms with Gasteiger partial charge in [0.05, 0.1) is 0 Å². The summed E-state index contributed by atoms with van der Waals surface area (Å²) in [7, 11) is 0. The van der Waals surface area contributed by atoms with E-state index in [2.05, 4.69) is 196 Å². The highest BCUT2D eigenvalue weighted by atomic mass is 14.9. The van der Waals surface area contributed by atoms with Gasteiger partial charge in [-0.3, -0.25) is 0 Å². The minimum absolute atomic E-state index is 0.0295. The van der Waals surface area contributed by atoms with Gasteiger partial charge in [-0.2, -0.15) is 0 Å². The number of fused-ring (bicyclic) bond motifs is 1. The van der Waals surface area contributed by atoms with Gasteiger partial charge >= 0.3 is 0 Å². The minimum Gasteiger partial charge on any atom is -0.355 e. The van der Waals surface area contributed by atoms with Crippen LogP contribution < -0.4 is 16.0 Å². The molecule has 0 aromatic heterocycles. The first-order valence-electron chi connectivity index (χ1n) is 17.1. The Morgan fingerprint density at radius 3 is 1.37 bits per heavy atom. The van der Waals surface area contributed by atoms with Crippen LogP contribution >= 0.6 is 0 Å². The van der Waals surface area contributed by atoms with Crippen molar-refractivity contribution in [3.05, 3.63) is 190 Å². The zero-order chi connectivity index (χ0) is 33.9. The topological polar surface area (TPSA) is 36.1 Å². The largest absolute Gasteiger partial charge is 0.355 e. The molecule has 0 aliphatic heterocycles. The fraction of sp³-hybridized carbons (Fsp3) is 0.130. The predicted molar refractivity (Wildman–Crippen MR) is 211 cm³/mol. The van der Waals surface area contributed by atoms with Gasteiger partial charge in [0, 0.05) is 45.4 Å². The molecule has 3 heteroatoms. The van der Waals surface area contributed by atoms with Crippen molar-refractivity contribution in [3.8, 4) is 0 Å². The Balaban J connectivity index is 1.30. The first-order chi connectivity index (χ1) is 23.8. The van der Waals surface area contributed by atoms with E-state index < -0.39 is 0 Å². The second-order valence-electron chi connectivity index (χ2n) is 13.2. The number of hydrogen-bond donors (Lipinski definition) is 3. The number of rotatable bonds is 9. The van der Waals surface area contributed by atoms with Gasteiger partial charge in [-0.15, -0.1) is 0 Å². The number of nitrogens with one attached hydrogen (secondary N) is 3. The molecule has 0 amide bonds. The van der Waals surface area contributed by atoms with E-state index >= 15 is 0 Å². The van der Waals surface area contributed by atoms with E-state index in [0.29, 0.717) is 0 Å². The molecule has 0 saturated carbocycles. The molecule has 0 unspecified atom stereocenters. The molecule has 7 aromatic carbocycles. The fourth-order valence-electron chi connectivity index (χ4n) is 7.00. The summed E-state index contributed by atoms with van der Waals surface area (Å²) in [4.78, 5) is 0. The van der Waals surface area contributed by atoms with Gasteiger partial charge in [0.1, 0.15) is 0 Å². The van der Waals surface area contributed by atoms with Crippen LogP contribution in [-0.2, 0) is 0 Å². The van der Waals surface area contributed by atoms with Crippen LogP contribution in [0.4, 0.5) is 34.1 Å². The van der Waals surface area contributed by atoms with E-state index in [9.17, 15) is 0 Å². The fourth-order valence-corrected chi connectivity index (χ4v) is 7.00. The molecular formula is C46H43N3. The van der Waals surface area contributed by atoms with Crippen molar-refractivity contribution in [1.29, 1.82) is 0 Å². The van der Waals surface area contributed by atoms with Gasteiger partial charge in [0.15, 0.2) is 0 Å². The molecule has 0 saturated heterocycles. The van der Waals surface area contributed by atoms with E-state index in [1.54, 1.807) is 0 Å². The maximum atomic E-state index is 3.81. The van der Waals surface area contributed by atoms with Crippen molar-refractivity contribution in [2.45, 2.75) is 40.5 Å². The van der Waals surface area contributed by atoms with E-state index in [4.69, 9.17) is 0 Å². The molecule has 242 valence electrons. The van der Waals surface area contributed by atoms with Gasteiger partial charge in [0.2, 0.25) is 0 Å². The quantitative estimate of drug-likeness (QED) is 0.138. The Morgan fingerprint density at radius 2 is 0.857 bits per heavy atom. The molecule has 0 radical (unpaired) electrons. The maximum absolute atomic E-state index is 3.81. The van der Waals surface area contributed by atoms with E-state index in [0.717, 1.165) is 28.4 Å². The van der Waals surface area contributed by atoms with E-state index in [1.807, 2.05) is 0 Å². The van der Waals surface area contributed by atoms with Crippen molar-refractivity contribution in [1.82, 2.24) is 0 Å².